The van der Waals surface area contributed by atoms with E-state index in [0.29, 0.717) is 51.9 Å². The largest absolute Gasteiger partial charge is 0.492 e. The van der Waals surface area contributed by atoms with E-state index in [2.05, 4.69) is 25.1 Å². The lowest BCUT2D eigenvalue weighted by molar-refractivity contribution is 0.260. The number of hydrogen-bond donors (Lipinski definition) is 3. The van der Waals surface area contributed by atoms with Crippen LogP contribution >= 0.6 is 0 Å². The van der Waals surface area contributed by atoms with Gasteiger partial charge < -0.3 is 25.3 Å². The van der Waals surface area contributed by atoms with E-state index in [1.165, 1.54) is 12.1 Å². The smallest absolute Gasteiger partial charge is 0.161 e. The molecule has 0 saturated carbocycles. The SMILES string of the molecule is CN(C)CCOc1cc(F)cc(-c2cccc3[nH]c(-c4n[nH]c5ccc(-c6cncc(N7CC(N)C7)n6)nc45)nc23)c1. The number of fused-ring (bicyclic) bond motifs is 2. The van der Waals surface area contributed by atoms with Gasteiger partial charge in [-0.25, -0.2) is 19.3 Å². The number of nitrogens with one attached hydrogen (secondary N) is 2. The average Bonchev–Trinajstić information content (AvgIpc) is 3.59. The molecule has 0 spiro atoms. The van der Waals surface area contributed by atoms with Crippen molar-refractivity contribution in [3.63, 3.8) is 0 Å². The molecule has 0 unspecified atom stereocenters. The molecule has 0 radical (unpaired) electrons. The van der Waals surface area contributed by atoms with Crippen LogP contribution in [0.3, 0.4) is 0 Å². The van der Waals surface area contributed by atoms with Crippen LogP contribution in [0, 0.1) is 5.82 Å². The van der Waals surface area contributed by atoms with Crippen molar-refractivity contribution in [1.82, 2.24) is 40.0 Å². The number of imidazole rings is 1. The molecular weight excluding hydrogens is 535 g/mol. The first-order valence-corrected chi connectivity index (χ1v) is 13.7. The van der Waals surface area contributed by atoms with Crippen molar-refractivity contribution in [3.8, 4) is 39.8 Å². The standard InChI is InChI=1S/C30H29FN10O/c1-40(2)8-9-42-20-11-17(10-18(31)12-20)21-4-3-5-23-27(21)37-30(36-23)29-28-24(38-39-29)7-6-22(35-28)25-13-33-14-26(34-25)41-15-19(32)16-41/h3-7,10-14,19H,8-9,15-16,32H2,1-2H3,(H,36,37)(H,38,39). The Kier molecular flexibility index (Phi) is 6.48. The van der Waals surface area contributed by atoms with Crippen molar-refractivity contribution >= 4 is 27.9 Å². The molecule has 0 aliphatic carbocycles. The van der Waals surface area contributed by atoms with Gasteiger partial charge in [0.05, 0.1) is 34.6 Å². The maximum absolute atomic E-state index is 14.6. The van der Waals surface area contributed by atoms with Crippen LogP contribution in [0.1, 0.15) is 0 Å². The summed E-state index contributed by atoms with van der Waals surface area (Å²) in [5, 5.41) is 7.58. The van der Waals surface area contributed by atoms with E-state index in [1.54, 1.807) is 12.4 Å². The monoisotopic (exact) mass is 564 g/mol. The molecule has 1 aliphatic heterocycles. The molecule has 0 bridgehead atoms. The summed E-state index contributed by atoms with van der Waals surface area (Å²) in [4.78, 5) is 26.4. The van der Waals surface area contributed by atoms with Crippen molar-refractivity contribution in [2.45, 2.75) is 6.04 Å². The maximum Gasteiger partial charge on any atom is 0.161 e. The molecule has 11 nitrogen and oxygen atoms in total. The fourth-order valence-electron chi connectivity index (χ4n) is 5.06. The van der Waals surface area contributed by atoms with Gasteiger partial charge in [-0.1, -0.05) is 12.1 Å². The zero-order valence-electron chi connectivity index (χ0n) is 23.2. The number of nitrogens with zero attached hydrogens (tertiary/aromatic N) is 7. The molecule has 4 N–H and O–H groups in total. The molecule has 1 saturated heterocycles. The lowest BCUT2D eigenvalue weighted by Gasteiger charge is -2.37. The number of ether oxygens (including phenoxy) is 1. The van der Waals surface area contributed by atoms with Gasteiger partial charge in [-0.3, -0.25) is 10.1 Å². The third-order valence-corrected chi connectivity index (χ3v) is 7.25. The van der Waals surface area contributed by atoms with Gasteiger partial charge >= 0.3 is 0 Å². The second-order valence-electron chi connectivity index (χ2n) is 10.7. The van der Waals surface area contributed by atoms with Crippen LogP contribution in [0.4, 0.5) is 10.2 Å². The summed E-state index contributed by atoms with van der Waals surface area (Å²) in [6.45, 7) is 2.69. The molecule has 7 rings (SSSR count). The number of anilines is 1. The van der Waals surface area contributed by atoms with Crippen LogP contribution in [0.15, 0.2) is 60.9 Å². The zero-order chi connectivity index (χ0) is 28.8. The van der Waals surface area contributed by atoms with Gasteiger partial charge in [-0.15, -0.1) is 0 Å². The van der Waals surface area contributed by atoms with Crippen LogP contribution in [0.25, 0.3) is 56.1 Å². The van der Waals surface area contributed by atoms with Gasteiger partial charge in [0.25, 0.3) is 0 Å². The number of nitrogens with two attached hydrogens (primary N) is 1. The summed E-state index contributed by atoms with van der Waals surface area (Å²) in [6.07, 6.45) is 3.43. The lowest BCUT2D eigenvalue weighted by Crippen LogP contribution is -2.56. The van der Waals surface area contributed by atoms with Gasteiger partial charge in [0.2, 0.25) is 0 Å². The van der Waals surface area contributed by atoms with Gasteiger partial charge in [-0.05, 0) is 50.0 Å². The van der Waals surface area contributed by atoms with E-state index >= 15 is 0 Å². The second kappa shape index (κ2) is 10.5. The molecule has 12 heteroatoms. The minimum atomic E-state index is -0.376. The lowest BCUT2D eigenvalue weighted by atomic mass is 10.0. The summed E-state index contributed by atoms with van der Waals surface area (Å²) >= 11 is 0. The molecule has 1 fully saturated rings. The highest BCUT2D eigenvalue weighted by Gasteiger charge is 2.25. The van der Waals surface area contributed by atoms with E-state index < -0.39 is 0 Å². The van der Waals surface area contributed by atoms with E-state index in [-0.39, 0.29) is 11.9 Å². The third kappa shape index (κ3) is 4.91. The van der Waals surface area contributed by atoms with Gasteiger partial charge in [0, 0.05) is 37.3 Å². The molecule has 0 atom stereocenters. The topological polar surface area (TPSA) is 138 Å². The Labute approximate surface area is 240 Å². The highest BCUT2D eigenvalue weighted by molar-refractivity contribution is 5.96. The Balaban J connectivity index is 1.24. The number of para-hydroxylation sites is 1. The summed E-state index contributed by atoms with van der Waals surface area (Å²) in [5.74, 6) is 1.41. The molecule has 1 aliphatic rings. The molecular formula is C30H29FN10O. The number of aromatic nitrogens is 7. The third-order valence-electron chi connectivity index (χ3n) is 7.25. The number of rotatable bonds is 8. The van der Waals surface area contributed by atoms with E-state index in [9.17, 15) is 4.39 Å². The highest BCUT2D eigenvalue weighted by Crippen LogP contribution is 2.33. The van der Waals surface area contributed by atoms with Crippen LogP contribution in [0.5, 0.6) is 5.75 Å². The summed E-state index contributed by atoms with van der Waals surface area (Å²) < 4.78 is 20.4. The van der Waals surface area contributed by atoms with Crippen molar-refractivity contribution in [2.75, 3.05) is 45.2 Å². The molecule has 6 aromatic rings. The van der Waals surface area contributed by atoms with Crippen molar-refractivity contribution in [2.24, 2.45) is 5.73 Å². The van der Waals surface area contributed by atoms with Gasteiger partial charge in [0.15, 0.2) is 11.5 Å². The fraction of sp³-hybridized carbons (Fsp3) is 0.233. The molecule has 0 amide bonds. The maximum atomic E-state index is 14.6. The summed E-state index contributed by atoms with van der Waals surface area (Å²) in [6, 6.07) is 14.4. The van der Waals surface area contributed by atoms with Gasteiger partial charge in [0.1, 0.15) is 35.2 Å². The zero-order valence-corrected chi connectivity index (χ0v) is 23.2. The molecule has 42 heavy (non-hydrogen) atoms. The van der Waals surface area contributed by atoms with Crippen molar-refractivity contribution in [1.29, 1.82) is 0 Å². The molecule has 212 valence electrons. The highest BCUT2D eigenvalue weighted by atomic mass is 19.1. The number of benzene rings is 2. The molecule has 4 aromatic heterocycles. The van der Waals surface area contributed by atoms with E-state index in [4.69, 9.17) is 25.4 Å². The first-order chi connectivity index (χ1) is 20.4. The predicted molar refractivity (Wildman–Crippen MR) is 160 cm³/mol. The number of likely N-dealkylation sites (N-methyl/N-ethyl adjacent to an activating group) is 1. The number of H-pyrrole nitrogens is 2. The average molecular weight is 565 g/mol. The summed E-state index contributed by atoms with van der Waals surface area (Å²) in [5.41, 5.74) is 12.2. The predicted octanol–water partition coefficient (Wildman–Crippen LogP) is 3.85. The van der Waals surface area contributed by atoms with Crippen molar-refractivity contribution < 1.29 is 9.13 Å². The Bertz CT molecular complexity index is 1910. The minimum absolute atomic E-state index is 0.159. The molecule has 5 heterocycles. The Morgan fingerprint density at radius 1 is 1.00 bits per heavy atom. The van der Waals surface area contributed by atoms with Crippen molar-refractivity contribution in [3.05, 3.63) is 66.7 Å². The Morgan fingerprint density at radius 3 is 2.71 bits per heavy atom. The minimum Gasteiger partial charge on any atom is -0.492 e. The van der Waals surface area contributed by atoms with Crippen LogP contribution in [-0.2, 0) is 0 Å². The first-order valence-electron chi connectivity index (χ1n) is 13.7. The number of pyridine rings is 1. The Morgan fingerprint density at radius 2 is 1.88 bits per heavy atom. The normalized spacial score (nSPS) is 13.8. The number of aromatic amines is 2. The Hall–Kier alpha value is -4.94. The quantitative estimate of drug-likeness (QED) is 0.252. The number of hydrogen-bond acceptors (Lipinski definition) is 9. The fourth-order valence-corrected chi connectivity index (χ4v) is 5.06. The second-order valence-corrected chi connectivity index (χ2v) is 10.7. The first kappa shape index (κ1) is 26.0. The van der Waals surface area contributed by atoms with Gasteiger partial charge in [-0.2, -0.15) is 5.10 Å². The van der Waals surface area contributed by atoms with E-state index in [0.717, 1.165) is 42.0 Å². The van der Waals surface area contributed by atoms with Crippen LogP contribution in [0.2, 0.25) is 0 Å². The van der Waals surface area contributed by atoms with Crippen LogP contribution in [-0.4, -0.2) is 86.4 Å². The van der Waals surface area contributed by atoms with Crippen LogP contribution < -0.4 is 15.4 Å². The number of halogens is 1. The summed E-state index contributed by atoms with van der Waals surface area (Å²) in [7, 11) is 3.93. The van der Waals surface area contributed by atoms with E-state index in [1.807, 2.05) is 55.4 Å². The molecule has 2 aromatic carbocycles.